The molecule has 0 aromatic heterocycles. The summed E-state index contributed by atoms with van der Waals surface area (Å²) in [5, 5.41) is 0. The van der Waals surface area contributed by atoms with Crippen molar-refractivity contribution in [2.24, 2.45) is 22.4 Å². The van der Waals surface area contributed by atoms with Gasteiger partial charge in [-0.25, -0.2) is 0 Å². The van der Waals surface area contributed by atoms with Gasteiger partial charge in [-0.3, -0.25) is 9.79 Å². The van der Waals surface area contributed by atoms with Gasteiger partial charge in [-0.15, -0.1) is 0 Å². The molecule has 5 heteroatoms. The van der Waals surface area contributed by atoms with E-state index in [2.05, 4.69) is 11.9 Å². The van der Waals surface area contributed by atoms with Gasteiger partial charge in [0.05, 0.1) is 5.92 Å². The predicted molar refractivity (Wildman–Crippen MR) is 55.6 cm³/mol. The molecule has 1 fully saturated rings. The minimum absolute atomic E-state index is 0.120. The molecule has 1 saturated heterocycles. The number of nitrogens with two attached hydrogens (primary N) is 2. The Balaban J connectivity index is 2.20. The molecule has 1 aliphatic rings. The van der Waals surface area contributed by atoms with E-state index in [1.165, 1.54) is 0 Å². The molecule has 0 aromatic carbocycles. The van der Waals surface area contributed by atoms with E-state index in [1.807, 2.05) is 7.05 Å². The molecule has 0 spiro atoms. The normalized spacial score (nSPS) is 25.9. The number of carbonyl (C=O) groups is 1. The third-order valence-electron chi connectivity index (χ3n) is 2.83. The highest BCUT2D eigenvalue weighted by Gasteiger charge is 2.40. The molecule has 0 radical (unpaired) electrons. The van der Waals surface area contributed by atoms with Crippen molar-refractivity contribution in [1.29, 1.82) is 0 Å². The van der Waals surface area contributed by atoms with E-state index in [-0.39, 0.29) is 17.8 Å². The molecule has 0 aliphatic carbocycles. The average molecular weight is 198 g/mol. The first-order valence-corrected chi connectivity index (χ1v) is 4.86. The van der Waals surface area contributed by atoms with Gasteiger partial charge >= 0.3 is 0 Å². The maximum Gasteiger partial charge on any atom is 0.227 e. The molecule has 0 aromatic rings. The Bertz CT molecular complexity index is 247. The van der Waals surface area contributed by atoms with E-state index >= 15 is 0 Å². The maximum atomic E-state index is 11.3. The molecule has 1 heterocycles. The quantitative estimate of drug-likeness (QED) is 0.277. The van der Waals surface area contributed by atoms with Crippen molar-refractivity contribution in [3.63, 3.8) is 0 Å². The molecule has 80 valence electrons. The number of carbonyl (C=O) groups excluding carboxylic acids is 1. The van der Waals surface area contributed by atoms with Crippen molar-refractivity contribution in [1.82, 2.24) is 4.90 Å². The topological polar surface area (TPSA) is 84.7 Å². The number of β-lactam (4-membered cyclic amide) rings is 1. The van der Waals surface area contributed by atoms with Crippen LogP contribution in [0.2, 0.25) is 0 Å². The summed E-state index contributed by atoms with van der Waals surface area (Å²) < 4.78 is 0. The number of hydrogen-bond donors (Lipinski definition) is 2. The second kappa shape index (κ2) is 4.30. The van der Waals surface area contributed by atoms with Crippen LogP contribution < -0.4 is 11.5 Å². The van der Waals surface area contributed by atoms with Gasteiger partial charge in [0, 0.05) is 19.6 Å². The first-order valence-electron chi connectivity index (χ1n) is 4.86. The van der Waals surface area contributed by atoms with Gasteiger partial charge in [0.1, 0.15) is 0 Å². The lowest BCUT2D eigenvalue weighted by Crippen LogP contribution is -2.57. The summed E-state index contributed by atoms with van der Waals surface area (Å²) in [5.41, 5.74) is 10.4. The van der Waals surface area contributed by atoms with Crippen molar-refractivity contribution >= 4 is 11.9 Å². The van der Waals surface area contributed by atoms with Crippen LogP contribution in [0, 0.1) is 5.92 Å². The summed E-state index contributed by atoms with van der Waals surface area (Å²) in [4.78, 5) is 17.0. The fourth-order valence-electron chi connectivity index (χ4n) is 1.74. The van der Waals surface area contributed by atoms with E-state index in [4.69, 9.17) is 11.5 Å². The SMILES string of the molecule is C[C@H]1[C@H](CCCN=C(N)N)C(=O)N1C. The second-order valence-corrected chi connectivity index (χ2v) is 3.75. The van der Waals surface area contributed by atoms with Crippen LogP contribution in [0.25, 0.3) is 0 Å². The van der Waals surface area contributed by atoms with E-state index < -0.39 is 0 Å². The Kier molecular flexibility index (Phi) is 3.33. The molecule has 1 amide bonds. The van der Waals surface area contributed by atoms with E-state index in [1.54, 1.807) is 4.90 Å². The zero-order chi connectivity index (χ0) is 10.7. The van der Waals surface area contributed by atoms with Crippen LogP contribution in [0.5, 0.6) is 0 Å². The molecule has 4 N–H and O–H groups in total. The summed E-state index contributed by atoms with van der Waals surface area (Å²) in [6.45, 7) is 2.68. The molecule has 0 saturated carbocycles. The van der Waals surface area contributed by atoms with Crippen LogP contribution in [0.3, 0.4) is 0 Å². The summed E-state index contributed by atoms with van der Waals surface area (Å²) in [6.07, 6.45) is 1.74. The van der Waals surface area contributed by atoms with Gasteiger partial charge in [0.2, 0.25) is 5.91 Å². The van der Waals surface area contributed by atoms with Gasteiger partial charge in [0.15, 0.2) is 5.96 Å². The predicted octanol–water partition coefficient (Wildman–Crippen LogP) is -0.483. The molecule has 1 aliphatic heterocycles. The van der Waals surface area contributed by atoms with Crippen LogP contribution in [0.1, 0.15) is 19.8 Å². The highest BCUT2D eigenvalue weighted by molar-refractivity contribution is 5.85. The monoisotopic (exact) mass is 198 g/mol. The fourth-order valence-corrected chi connectivity index (χ4v) is 1.74. The highest BCUT2D eigenvalue weighted by Crippen LogP contribution is 2.28. The molecule has 0 unspecified atom stereocenters. The van der Waals surface area contributed by atoms with Crippen LogP contribution >= 0.6 is 0 Å². The van der Waals surface area contributed by atoms with Crippen LogP contribution in [0.4, 0.5) is 0 Å². The van der Waals surface area contributed by atoms with Crippen molar-refractivity contribution in [2.45, 2.75) is 25.8 Å². The lowest BCUT2D eigenvalue weighted by molar-refractivity contribution is -0.152. The number of aliphatic imine (C=N–C) groups is 1. The summed E-state index contributed by atoms with van der Waals surface area (Å²) in [5.74, 6) is 0.534. The number of nitrogens with zero attached hydrogens (tertiary/aromatic N) is 2. The van der Waals surface area contributed by atoms with Crippen molar-refractivity contribution in [2.75, 3.05) is 13.6 Å². The first kappa shape index (κ1) is 10.8. The van der Waals surface area contributed by atoms with Crippen molar-refractivity contribution in [3.05, 3.63) is 0 Å². The first-order chi connectivity index (χ1) is 6.54. The smallest absolute Gasteiger partial charge is 0.227 e. The highest BCUT2D eigenvalue weighted by atomic mass is 16.2. The van der Waals surface area contributed by atoms with Gasteiger partial charge in [0.25, 0.3) is 0 Å². The molecule has 1 rings (SSSR count). The lowest BCUT2D eigenvalue weighted by Gasteiger charge is -2.43. The fraction of sp³-hybridized carbons (Fsp3) is 0.778. The van der Waals surface area contributed by atoms with E-state index in [0.29, 0.717) is 12.6 Å². The zero-order valence-corrected chi connectivity index (χ0v) is 8.73. The number of amides is 1. The summed E-state index contributed by atoms with van der Waals surface area (Å²) in [6, 6.07) is 0.363. The number of guanidine groups is 1. The summed E-state index contributed by atoms with van der Waals surface area (Å²) >= 11 is 0. The average Bonchev–Trinajstić information content (AvgIpc) is 2.15. The number of rotatable bonds is 4. The standard InChI is InChI=1S/C9H18N4O/c1-6-7(8(14)13(6)2)4-3-5-12-9(10)11/h6-7H,3-5H2,1-2H3,(H4,10,11,12)/t6-,7-/m0/s1. The van der Waals surface area contributed by atoms with E-state index in [0.717, 1.165) is 12.8 Å². The number of likely N-dealkylation sites (tertiary alicyclic amines) is 1. The zero-order valence-electron chi connectivity index (χ0n) is 8.73. The molecular weight excluding hydrogens is 180 g/mol. The van der Waals surface area contributed by atoms with Gasteiger partial charge in [-0.2, -0.15) is 0 Å². The minimum Gasteiger partial charge on any atom is -0.370 e. The molecule has 5 nitrogen and oxygen atoms in total. The number of hydrogen-bond acceptors (Lipinski definition) is 2. The second-order valence-electron chi connectivity index (χ2n) is 3.75. The maximum absolute atomic E-state index is 11.3. The van der Waals surface area contributed by atoms with Crippen molar-refractivity contribution < 1.29 is 4.79 Å². The Labute approximate surface area is 84.1 Å². The molecule has 14 heavy (non-hydrogen) atoms. The minimum atomic E-state index is 0.120. The molecule has 2 atom stereocenters. The van der Waals surface area contributed by atoms with Crippen molar-refractivity contribution in [3.8, 4) is 0 Å². The largest absolute Gasteiger partial charge is 0.370 e. The van der Waals surface area contributed by atoms with Crippen LogP contribution in [-0.2, 0) is 4.79 Å². The third-order valence-corrected chi connectivity index (χ3v) is 2.83. The Morgan fingerprint density at radius 2 is 2.21 bits per heavy atom. The third kappa shape index (κ3) is 2.16. The van der Waals surface area contributed by atoms with E-state index in [9.17, 15) is 4.79 Å². The lowest BCUT2D eigenvalue weighted by atomic mass is 9.85. The Morgan fingerprint density at radius 3 is 2.71 bits per heavy atom. The van der Waals surface area contributed by atoms with Crippen LogP contribution in [0.15, 0.2) is 4.99 Å². The van der Waals surface area contributed by atoms with Gasteiger partial charge < -0.3 is 16.4 Å². The van der Waals surface area contributed by atoms with Gasteiger partial charge in [-0.1, -0.05) is 0 Å². The molecule has 0 bridgehead atoms. The Hall–Kier alpha value is -1.26. The van der Waals surface area contributed by atoms with Crippen LogP contribution in [-0.4, -0.2) is 36.4 Å². The Morgan fingerprint density at radius 1 is 1.57 bits per heavy atom. The summed E-state index contributed by atoms with van der Waals surface area (Å²) in [7, 11) is 1.83. The molecular formula is C9H18N4O. The van der Waals surface area contributed by atoms with Gasteiger partial charge in [-0.05, 0) is 19.8 Å².